The van der Waals surface area contributed by atoms with Crippen molar-refractivity contribution in [2.24, 2.45) is 0 Å². The second-order valence-electron chi connectivity index (χ2n) is 7.57. The van der Waals surface area contributed by atoms with E-state index in [4.69, 9.17) is 4.98 Å². The monoisotopic (exact) mass is 436 g/mol. The first-order chi connectivity index (χ1) is 15.0. The summed E-state index contributed by atoms with van der Waals surface area (Å²) in [7, 11) is -3.81. The molecule has 31 heavy (non-hydrogen) atoms. The number of hydrogen-bond acceptors (Lipinski definition) is 4. The summed E-state index contributed by atoms with van der Waals surface area (Å²) in [6.45, 7) is 4.98. The maximum absolute atomic E-state index is 13.0. The summed E-state index contributed by atoms with van der Waals surface area (Å²) in [5.74, 6) is 0.624. The molecule has 0 radical (unpaired) electrons. The van der Waals surface area contributed by atoms with Crippen LogP contribution in [0.2, 0.25) is 0 Å². The van der Waals surface area contributed by atoms with Gasteiger partial charge in [0.1, 0.15) is 12.4 Å². The van der Waals surface area contributed by atoms with Crippen LogP contribution in [0.4, 0.5) is 5.82 Å². The van der Waals surface area contributed by atoms with E-state index in [2.05, 4.69) is 21.2 Å². The molecule has 0 atom stereocenters. The topological polar surface area (TPSA) is 80.8 Å². The van der Waals surface area contributed by atoms with Crippen LogP contribution in [-0.2, 0) is 16.6 Å². The van der Waals surface area contributed by atoms with E-state index in [1.165, 1.54) is 0 Å². The smallest absolute Gasteiger partial charge is 0.258 e. The zero-order valence-electron chi connectivity index (χ0n) is 17.7. The van der Waals surface area contributed by atoms with Gasteiger partial charge in [0.05, 0.1) is 22.5 Å². The third kappa shape index (κ3) is 4.74. The largest absolute Gasteiger partial charge is 0.270 e. The van der Waals surface area contributed by atoms with Crippen LogP contribution in [0, 0.1) is 6.92 Å². The van der Waals surface area contributed by atoms with E-state index >= 15 is 0 Å². The Morgan fingerprint density at radius 1 is 1.00 bits per heavy atom. The predicted octanol–water partition coefficient (Wildman–Crippen LogP) is 4.01. The van der Waals surface area contributed by atoms with E-state index < -0.39 is 10.0 Å². The Labute approximate surface area is 182 Å². The first kappa shape index (κ1) is 21.0. The van der Waals surface area contributed by atoms with Crippen molar-refractivity contribution in [3.8, 4) is 5.82 Å². The first-order valence-corrected chi connectivity index (χ1v) is 11.9. The molecule has 0 unspecified atom stereocenters. The molecule has 0 aliphatic rings. The number of benzene rings is 2. The maximum atomic E-state index is 13.0. The lowest BCUT2D eigenvalue weighted by Crippen LogP contribution is -2.30. The van der Waals surface area contributed by atoms with Crippen molar-refractivity contribution in [2.75, 3.05) is 4.72 Å². The van der Waals surface area contributed by atoms with Gasteiger partial charge in [0.2, 0.25) is 12.1 Å². The fraction of sp³-hybridized carbons (Fsp3) is 0.261. The molecule has 2 heterocycles. The van der Waals surface area contributed by atoms with Crippen molar-refractivity contribution >= 4 is 26.9 Å². The highest BCUT2D eigenvalue weighted by molar-refractivity contribution is 7.92. The normalized spacial score (nSPS) is 11.7. The number of sulfonamides is 1. The van der Waals surface area contributed by atoms with Crippen LogP contribution >= 0.6 is 0 Å². The lowest BCUT2D eigenvalue weighted by molar-refractivity contribution is -0.696. The molecule has 0 spiro atoms. The highest BCUT2D eigenvalue weighted by Crippen LogP contribution is 2.23. The SMILES string of the molecule is CCCCC[n+]1ccn(-c2nc3ccccc3nc2NS(=O)(=O)c2ccc(C)cc2)c1. The van der Waals surface area contributed by atoms with Crippen molar-refractivity contribution < 1.29 is 13.0 Å². The number of aromatic nitrogens is 4. The number of unbranched alkanes of at least 4 members (excludes halogenated alkanes) is 2. The quantitative estimate of drug-likeness (QED) is 0.334. The summed E-state index contributed by atoms with van der Waals surface area (Å²) in [5, 5.41) is 0. The van der Waals surface area contributed by atoms with Gasteiger partial charge in [-0.1, -0.05) is 43.2 Å². The van der Waals surface area contributed by atoms with Crippen LogP contribution in [0.3, 0.4) is 0 Å². The Morgan fingerprint density at radius 2 is 1.71 bits per heavy atom. The minimum absolute atomic E-state index is 0.182. The van der Waals surface area contributed by atoms with E-state index in [9.17, 15) is 8.42 Å². The number of nitrogens with zero attached hydrogens (tertiary/aromatic N) is 4. The number of hydrogen-bond donors (Lipinski definition) is 1. The summed E-state index contributed by atoms with van der Waals surface area (Å²) < 4.78 is 32.6. The standard InChI is InChI=1S/C23H26N5O2S/c1-3-4-7-14-27-15-16-28(17-27)23-22(24-20-8-5-6-9-21(20)25-23)26-31(29,30)19-12-10-18(2)11-13-19/h5-6,8-13,15-17H,3-4,7,14H2,1-2H3,(H,24,26)/q+1. The Hall–Kier alpha value is -3.26. The number of nitrogens with one attached hydrogen (secondary N) is 1. The van der Waals surface area contributed by atoms with Gasteiger partial charge < -0.3 is 0 Å². The van der Waals surface area contributed by atoms with Gasteiger partial charge in [-0.3, -0.25) is 4.72 Å². The van der Waals surface area contributed by atoms with Crippen LogP contribution < -0.4 is 9.29 Å². The Bertz CT molecular complexity index is 1300. The Morgan fingerprint density at radius 3 is 2.42 bits per heavy atom. The molecule has 1 N–H and O–H groups in total. The molecule has 0 fully saturated rings. The third-order valence-electron chi connectivity index (χ3n) is 5.07. The van der Waals surface area contributed by atoms with Crippen molar-refractivity contribution in [2.45, 2.75) is 44.6 Å². The number of aryl methyl sites for hydroxylation is 2. The van der Waals surface area contributed by atoms with Crippen molar-refractivity contribution in [3.63, 3.8) is 0 Å². The molecule has 4 rings (SSSR count). The maximum Gasteiger partial charge on any atom is 0.270 e. The fourth-order valence-corrected chi connectivity index (χ4v) is 4.34. The highest BCUT2D eigenvalue weighted by atomic mass is 32.2. The summed E-state index contributed by atoms with van der Waals surface area (Å²) in [6, 6.07) is 14.1. The Kier molecular flexibility index (Phi) is 5.99. The number of fused-ring (bicyclic) bond motifs is 1. The van der Waals surface area contributed by atoms with E-state index in [0.717, 1.165) is 31.4 Å². The van der Waals surface area contributed by atoms with E-state index in [1.54, 1.807) is 28.8 Å². The second kappa shape index (κ2) is 8.85. The van der Waals surface area contributed by atoms with Crippen LogP contribution in [-0.4, -0.2) is 23.0 Å². The minimum atomic E-state index is -3.81. The van der Waals surface area contributed by atoms with Gasteiger partial charge in [0.15, 0.2) is 0 Å². The summed E-state index contributed by atoms with van der Waals surface area (Å²) in [5.41, 5.74) is 2.31. The van der Waals surface area contributed by atoms with Crippen molar-refractivity contribution in [1.29, 1.82) is 0 Å². The number of anilines is 1. The molecule has 0 saturated carbocycles. The summed E-state index contributed by atoms with van der Waals surface area (Å²) in [6.07, 6.45) is 9.15. The van der Waals surface area contributed by atoms with Gasteiger partial charge in [-0.25, -0.2) is 23.0 Å². The molecule has 0 aliphatic heterocycles. The molecular formula is C23H26N5O2S+. The molecule has 2 aromatic carbocycles. The second-order valence-corrected chi connectivity index (χ2v) is 9.25. The molecule has 0 aliphatic carbocycles. The van der Waals surface area contributed by atoms with Crippen LogP contribution in [0.1, 0.15) is 31.7 Å². The zero-order valence-corrected chi connectivity index (χ0v) is 18.5. The van der Waals surface area contributed by atoms with Gasteiger partial charge in [-0.15, -0.1) is 0 Å². The van der Waals surface area contributed by atoms with Crippen molar-refractivity contribution in [3.05, 3.63) is 72.8 Å². The van der Waals surface area contributed by atoms with Crippen molar-refractivity contribution in [1.82, 2.24) is 14.5 Å². The van der Waals surface area contributed by atoms with Crippen LogP contribution in [0.25, 0.3) is 16.9 Å². The van der Waals surface area contributed by atoms with Gasteiger partial charge in [0, 0.05) is 0 Å². The molecule has 0 amide bonds. The minimum Gasteiger partial charge on any atom is -0.258 e. The molecule has 160 valence electrons. The molecule has 4 aromatic rings. The molecular weight excluding hydrogens is 410 g/mol. The summed E-state index contributed by atoms with van der Waals surface area (Å²) in [4.78, 5) is 9.47. The van der Waals surface area contributed by atoms with Gasteiger partial charge in [-0.05, 0) is 44.0 Å². The molecule has 0 saturated heterocycles. The fourth-order valence-electron chi connectivity index (χ4n) is 3.34. The molecule has 0 bridgehead atoms. The van der Waals surface area contributed by atoms with Gasteiger partial charge >= 0.3 is 0 Å². The first-order valence-electron chi connectivity index (χ1n) is 10.4. The zero-order chi connectivity index (χ0) is 21.8. The number of para-hydroxylation sites is 2. The molecule has 7 nitrogen and oxygen atoms in total. The van der Waals surface area contributed by atoms with Gasteiger partial charge in [0.25, 0.3) is 15.8 Å². The Balaban J connectivity index is 1.74. The number of imidazole rings is 1. The number of rotatable bonds is 8. The van der Waals surface area contributed by atoms with Gasteiger partial charge in [-0.2, -0.15) is 4.57 Å². The predicted molar refractivity (Wildman–Crippen MR) is 121 cm³/mol. The summed E-state index contributed by atoms with van der Waals surface area (Å²) >= 11 is 0. The molecule has 2 aromatic heterocycles. The molecule has 8 heteroatoms. The lowest BCUT2D eigenvalue weighted by Gasteiger charge is -2.10. The highest BCUT2D eigenvalue weighted by Gasteiger charge is 2.22. The van der Waals surface area contributed by atoms with E-state index in [0.29, 0.717) is 16.9 Å². The average molecular weight is 437 g/mol. The lowest BCUT2D eigenvalue weighted by atomic mass is 10.2. The van der Waals surface area contributed by atoms with E-state index in [1.807, 2.05) is 49.9 Å². The van der Waals surface area contributed by atoms with Crippen LogP contribution in [0.15, 0.2) is 72.1 Å². The van der Waals surface area contributed by atoms with E-state index in [-0.39, 0.29) is 10.7 Å². The van der Waals surface area contributed by atoms with Crippen LogP contribution in [0.5, 0.6) is 0 Å². The average Bonchev–Trinajstić information content (AvgIpc) is 3.22. The third-order valence-corrected chi connectivity index (χ3v) is 6.43.